The van der Waals surface area contributed by atoms with Gasteiger partial charge >= 0.3 is 0 Å². The lowest BCUT2D eigenvalue weighted by Gasteiger charge is -2.17. The molecule has 1 aliphatic rings. The third-order valence-electron chi connectivity index (χ3n) is 3.80. The van der Waals surface area contributed by atoms with Crippen molar-refractivity contribution < 1.29 is 4.74 Å². The van der Waals surface area contributed by atoms with Gasteiger partial charge in [0.1, 0.15) is 17.5 Å². The van der Waals surface area contributed by atoms with Crippen LogP contribution in [0.2, 0.25) is 0 Å². The fourth-order valence-corrected chi connectivity index (χ4v) is 2.37. The number of nitrogens with zero attached hydrogens (tertiary/aromatic N) is 2. The molecule has 0 bridgehead atoms. The van der Waals surface area contributed by atoms with Crippen LogP contribution in [-0.2, 0) is 4.74 Å². The van der Waals surface area contributed by atoms with E-state index in [0.717, 1.165) is 62.2 Å². The van der Waals surface area contributed by atoms with Crippen molar-refractivity contribution in [3.8, 4) is 0 Å². The number of rotatable bonds is 7. The van der Waals surface area contributed by atoms with Gasteiger partial charge in [0, 0.05) is 37.1 Å². The van der Waals surface area contributed by atoms with Crippen molar-refractivity contribution in [3.63, 3.8) is 0 Å². The number of nitrogens with one attached hydrogen (secondary N) is 2. The zero-order chi connectivity index (χ0) is 15.2. The van der Waals surface area contributed by atoms with E-state index in [9.17, 15) is 0 Å². The molecule has 2 heterocycles. The van der Waals surface area contributed by atoms with E-state index in [1.807, 2.05) is 0 Å². The Labute approximate surface area is 127 Å². The normalized spacial score (nSPS) is 18.2. The van der Waals surface area contributed by atoms with Crippen LogP contribution < -0.4 is 10.6 Å². The SMILES string of the molecule is CCCNc1nc(C(C)C)nc(NCC2CCOC2)c1C. The molecule has 0 amide bonds. The molecule has 1 aromatic rings. The molecule has 2 rings (SSSR count). The highest BCUT2D eigenvalue weighted by molar-refractivity contribution is 5.57. The first-order valence-corrected chi connectivity index (χ1v) is 8.05. The summed E-state index contributed by atoms with van der Waals surface area (Å²) in [7, 11) is 0. The molecular weight excluding hydrogens is 264 g/mol. The minimum Gasteiger partial charge on any atom is -0.381 e. The fourth-order valence-electron chi connectivity index (χ4n) is 2.37. The Morgan fingerprint density at radius 3 is 2.52 bits per heavy atom. The number of hydrogen-bond acceptors (Lipinski definition) is 5. The topological polar surface area (TPSA) is 59.1 Å². The van der Waals surface area contributed by atoms with Gasteiger partial charge < -0.3 is 15.4 Å². The summed E-state index contributed by atoms with van der Waals surface area (Å²) in [4.78, 5) is 9.36. The van der Waals surface area contributed by atoms with Gasteiger partial charge in [0.2, 0.25) is 0 Å². The fraction of sp³-hybridized carbons (Fsp3) is 0.750. The summed E-state index contributed by atoms with van der Waals surface area (Å²) in [5.41, 5.74) is 1.10. The average molecular weight is 292 g/mol. The van der Waals surface area contributed by atoms with Crippen molar-refractivity contribution in [2.75, 3.05) is 36.9 Å². The summed E-state index contributed by atoms with van der Waals surface area (Å²) in [5.74, 6) is 3.72. The van der Waals surface area contributed by atoms with Gasteiger partial charge in [-0.1, -0.05) is 20.8 Å². The van der Waals surface area contributed by atoms with E-state index in [1.54, 1.807) is 0 Å². The molecule has 0 aromatic carbocycles. The van der Waals surface area contributed by atoms with Crippen LogP contribution in [0.3, 0.4) is 0 Å². The molecule has 5 heteroatoms. The van der Waals surface area contributed by atoms with E-state index in [0.29, 0.717) is 11.8 Å². The molecule has 0 aliphatic carbocycles. The molecule has 21 heavy (non-hydrogen) atoms. The predicted molar refractivity (Wildman–Crippen MR) is 87.1 cm³/mol. The molecule has 118 valence electrons. The maximum absolute atomic E-state index is 5.43. The molecule has 1 aromatic heterocycles. The van der Waals surface area contributed by atoms with Crippen LogP contribution in [0.1, 0.15) is 50.9 Å². The minimum absolute atomic E-state index is 0.322. The minimum atomic E-state index is 0.322. The second-order valence-corrected chi connectivity index (χ2v) is 6.10. The standard InChI is InChI=1S/C16H28N4O/c1-5-7-17-15-12(4)16(20-14(19-15)11(2)3)18-9-13-6-8-21-10-13/h11,13H,5-10H2,1-4H3,(H2,17,18,19,20). The molecule has 0 saturated carbocycles. The Bertz CT molecular complexity index is 456. The first-order valence-electron chi connectivity index (χ1n) is 8.05. The number of ether oxygens (including phenoxy) is 1. The monoisotopic (exact) mass is 292 g/mol. The molecule has 1 fully saturated rings. The lowest BCUT2D eigenvalue weighted by Crippen LogP contribution is -2.18. The highest BCUT2D eigenvalue weighted by Crippen LogP contribution is 2.24. The van der Waals surface area contributed by atoms with Crippen molar-refractivity contribution in [2.45, 2.75) is 46.5 Å². The Hall–Kier alpha value is -1.36. The smallest absolute Gasteiger partial charge is 0.135 e. The van der Waals surface area contributed by atoms with E-state index in [4.69, 9.17) is 9.72 Å². The quantitative estimate of drug-likeness (QED) is 0.808. The van der Waals surface area contributed by atoms with E-state index in [2.05, 4.69) is 43.3 Å². The Kier molecular flexibility index (Phi) is 5.79. The van der Waals surface area contributed by atoms with Crippen molar-refractivity contribution in [3.05, 3.63) is 11.4 Å². The Morgan fingerprint density at radius 2 is 1.95 bits per heavy atom. The van der Waals surface area contributed by atoms with Crippen LogP contribution >= 0.6 is 0 Å². The van der Waals surface area contributed by atoms with Gasteiger partial charge in [0.15, 0.2) is 0 Å². The van der Waals surface area contributed by atoms with Crippen molar-refractivity contribution >= 4 is 11.6 Å². The lowest BCUT2D eigenvalue weighted by molar-refractivity contribution is 0.187. The first kappa shape index (κ1) is 16.0. The van der Waals surface area contributed by atoms with Crippen LogP contribution in [-0.4, -0.2) is 36.3 Å². The van der Waals surface area contributed by atoms with E-state index in [1.165, 1.54) is 0 Å². The van der Waals surface area contributed by atoms with Gasteiger partial charge in [-0.15, -0.1) is 0 Å². The van der Waals surface area contributed by atoms with Gasteiger partial charge in [0.25, 0.3) is 0 Å². The van der Waals surface area contributed by atoms with Crippen LogP contribution in [0.15, 0.2) is 0 Å². The molecule has 1 unspecified atom stereocenters. The van der Waals surface area contributed by atoms with E-state index >= 15 is 0 Å². The molecule has 1 saturated heterocycles. The summed E-state index contributed by atoms with van der Waals surface area (Å²) >= 11 is 0. The second kappa shape index (κ2) is 7.59. The zero-order valence-corrected chi connectivity index (χ0v) is 13.7. The Balaban J connectivity index is 2.14. The molecule has 0 radical (unpaired) electrons. The summed E-state index contributed by atoms with van der Waals surface area (Å²) in [6, 6.07) is 0. The van der Waals surface area contributed by atoms with Crippen LogP contribution in [0, 0.1) is 12.8 Å². The summed E-state index contributed by atoms with van der Waals surface area (Å²) < 4.78 is 5.43. The van der Waals surface area contributed by atoms with Gasteiger partial charge in [-0.3, -0.25) is 0 Å². The Morgan fingerprint density at radius 1 is 1.24 bits per heavy atom. The maximum Gasteiger partial charge on any atom is 0.135 e. The van der Waals surface area contributed by atoms with Crippen LogP contribution in [0.25, 0.3) is 0 Å². The highest BCUT2D eigenvalue weighted by Gasteiger charge is 2.17. The summed E-state index contributed by atoms with van der Waals surface area (Å²) in [6.45, 7) is 12.1. The first-order chi connectivity index (χ1) is 10.1. The largest absolute Gasteiger partial charge is 0.381 e. The van der Waals surface area contributed by atoms with Crippen molar-refractivity contribution in [1.82, 2.24) is 9.97 Å². The van der Waals surface area contributed by atoms with Gasteiger partial charge in [-0.05, 0) is 19.8 Å². The maximum atomic E-state index is 5.43. The van der Waals surface area contributed by atoms with Gasteiger partial charge in [-0.2, -0.15) is 0 Å². The number of anilines is 2. The van der Waals surface area contributed by atoms with Gasteiger partial charge in [-0.25, -0.2) is 9.97 Å². The molecule has 1 aliphatic heterocycles. The lowest BCUT2D eigenvalue weighted by atomic mass is 10.1. The molecular formula is C16H28N4O. The summed E-state index contributed by atoms with van der Waals surface area (Å²) in [6.07, 6.45) is 2.22. The number of aromatic nitrogens is 2. The zero-order valence-electron chi connectivity index (χ0n) is 13.7. The van der Waals surface area contributed by atoms with Gasteiger partial charge in [0.05, 0.1) is 6.61 Å². The second-order valence-electron chi connectivity index (χ2n) is 6.10. The average Bonchev–Trinajstić information content (AvgIpc) is 2.98. The molecule has 2 N–H and O–H groups in total. The van der Waals surface area contributed by atoms with Crippen molar-refractivity contribution in [2.24, 2.45) is 5.92 Å². The summed E-state index contributed by atoms with van der Waals surface area (Å²) in [5, 5.41) is 6.91. The molecule has 1 atom stereocenters. The number of hydrogen-bond donors (Lipinski definition) is 2. The molecule has 5 nitrogen and oxygen atoms in total. The third-order valence-corrected chi connectivity index (χ3v) is 3.80. The van der Waals surface area contributed by atoms with E-state index in [-0.39, 0.29) is 0 Å². The van der Waals surface area contributed by atoms with E-state index < -0.39 is 0 Å². The van der Waals surface area contributed by atoms with Crippen LogP contribution in [0.5, 0.6) is 0 Å². The third kappa shape index (κ3) is 4.30. The van der Waals surface area contributed by atoms with Crippen molar-refractivity contribution in [1.29, 1.82) is 0 Å². The highest BCUT2D eigenvalue weighted by atomic mass is 16.5. The molecule has 0 spiro atoms. The van der Waals surface area contributed by atoms with Crippen LogP contribution in [0.4, 0.5) is 11.6 Å². The predicted octanol–water partition coefficient (Wildman–Crippen LogP) is 3.18.